The molecule has 1 saturated heterocycles. The first-order valence-electron chi connectivity index (χ1n) is 6.01. The zero-order valence-corrected chi connectivity index (χ0v) is 11.1. The second-order valence-electron chi connectivity index (χ2n) is 5.60. The molecular weight excluding hydrogens is 216 g/mol. The van der Waals surface area contributed by atoms with Crippen LogP contribution in [0.4, 0.5) is 4.79 Å². The second kappa shape index (κ2) is 6.24. The summed E-state index contributed by atoms with van der Waals surface area (Å²) >= 11 is 0. The van der Waals surface area contributed by atoms with Crippen molar-refractivity contribution in [1.82, 2.24) is 9.80 Å². The van der Waals surface area contributed by atoms with Gasteiger partial charge in [0.25, 0.3) is 0 Å². The Kier molecular flexibility index (Phi) is 5.96. The molecule has 0 unspecified atom stereocenters. The SMILES string of the molecule is C.CC(C)N1CCN(C(=O)OC(C)(C)C)CC1. The lowest BCUT2D eigenvalue weighted by Gasteiger charge is -2.37. The molecule has 17 heavy (non-hydrogen) atoms. The largest absolute Gasteiger partial charge is 0.444 e. The van der Waals surface area contributed by atoms with E-state index in [1.54, 1.807) is 4.90 Å². The molecule has 0 atom stereocenters. The van der Waals surface area contributed by atoms with Crippen molar-refractivity contribution in [3.8, 4) is 0 Å². The molecule has 102 valence electrons. The van der Waals surface area contributed by atoms with Gasteiger partial charge < -0.3 is 9.64 Å². The van der Waals surface area contributed by atoms with Crippen molar-refractivity contribution in [2.24, 2.45) is 0 Å². The van der Waals surface area contributed by atoms with Gasteiger partial charge in [0, 0.05) is 32.2 Å². The fourth-order valence-corrected chi connectivity index (χ4v) is 1.75. The van der Waals surface area contributed by atoms with Gasteiger partial charge in [-0.2, -0.15) is 0 Å². The molecule has 4 nitrogen and oxygen atoms in total. The van der Waals surface area contributed by atoms with Crippen LogP contribution in [0.25, 0.3) is 0 Å². The van der Waals surface area contributed by atoms with Gasteiger partial charge in [0.15, 0.2) is 0 Å². The highest BCUT2D eigenvalue weighted by atomic mass is 16.6. The maximum absolute atomic E-state index is 11.8. The van der Waals surface area contributed by atoms with Crippen LogP contribution in [0.5, 0.6) is 0 Å². The molecule has 1 rings (SSSR count). The van der Waals surface area contributed by atoms with Gasteiger partial charge in [-0.3, -0.25) is 4.90 Å². The highest BCUT2D eigenvalue weighted by Crippen LogP contribution is 2.12. The summed E-state index contributed by atoms with van der Waals surface area (Å²) in [6.07, 6.45) is -0.184. The molecule has 1 aliphatic heterocycles. The Morgan fingerprint density at radius 2 is 1.59 bits per heavy atom. The average Bonchev–Trinajstić information content (AvgIpc) is 2.15. The number of hydrogen-bond donors (Lipinski definition) is 0. The lowest BCUT2D eigenvalue weighted by atomic mass is 10.2. The van der Waals surface area contributed by atoms with Crippen LogP contribution in [0.2, 0.25) is 0 Å². The van der Waals surface area contributed by atoms with Crippen LogP contribution in [0.3, 0.4) is 0 Å². The second-order valence-corrected chi connectivity index (χ2v) is 5.60. The van der Waals surface area contributed by atoms with Crippen LogP contribution in [-0.2, 0) is 4.74 Å². The molecule has 1 amide bonds. The van der Waals surface area contributed by atoms with E-state index in [1.807, 2.05) is 20.8 Å². The van der Waals surface area contributed by atoms with Crippen molar-refractivity contribution < 1.29 is 9.53 Å². The third-order valence-electron chi connectivity index (χ3n) is 2.70. The molecule has 0 radical (unpaired) electrons. The third-order valence-corrected chi connectivity index (χ3v) is 2.70. The van der Waals surface area contributed by atoms with E-state index >= 15 is 0 Å². The molecule has 0 aromatic heterocycles. The summed E-state index contributed by atoms with van der Waals surface area (Å²) in [5.41, 5.74) is -0.397. The number of amides is 1. The van der Waals surface area contributed by atoms with Gasteiger partial charge in [-0.1, -0.05) is 7.43 Å². The number of carbonyl (C=O) groups is 1. The van der Waals surface area contributed by atoms with Gasteiger partial charge in [0.2, 0.25) is 0 Å². The van der Waals surface area contributed by atoms with Crippen molar-refractivity contribution >= 4 is 6.09 Å². The van der Waals surface area contributed by atoms with Gasteiger partial charge in [0.1, 0.15) is 5.60 Å². The number of carbonyl (C=O) groups excluding carboxylic acids is 1. The molecule has 4 heteroatoms. The van der Waals surface area contributed by atoms with Crippen LogP contribution in [-0.4, -0.2) is 53.7 Å². The van der Waals surface area contributed by atoms with Crippen LogP contribution < -0.4 is 0 Å². The van der Waals surface area contributed by atoms with E-state index < -0.39 is 5.60 Å². The standard InChI is InChI=1S/C12H24N2O2.CH4/c1-10(2)13-6-8-14(9-7-13)11(15)16-12(3,4)5;/h10H,6-9H2,1-5H3;1H4. The molecule has 0 bridgehead atoms. The molecule has 0 N–H and O–H groups in total. The molecule has 0 saturated carbocycles. The predicted octanol–water partition coefficient (Wildman–Crippen LogP) is 2.58. The summed E-state index contributed by atoms with van der Waals surface area (Å²) < 4.78 is 5.34. The normalized spacial score (nSPS) is 17.9. The van der Waals surface area contributed by atoms with Crippen LogP contribution in [0.15, 0.2) is 0 Å². The average molecular weight is 244 g/mol. The number of piperazine rings is 1. The van der Waals surface area contributed by atoms with E-state index in [0.717, 1.165) is 26.2 Å². The number of hydrogen-bond acceptors (Lipinski definition) is 3. The van der Waals surface area contributed by atoms with Crippen molar-refractivity contribution in [3.63, 3.8) is 0 Å². The van der Waals surface area contributed by atoms with Crippen molar-refractivity contribution in [2.75, 3.05) is 26.2 Å². The minimum absolute atomic E-state index is 0. The Balaban J connectivity index is 0.00000256. The Bertz CT molecular complexity index is 238. The first-order chi connectivity index (χ1) is 7.29. The van der Waals surface area contributed by atoms with Crippen molar-refractivity contribution in [3.05, 3.63) is 0 Å². The van der Waals surface area contributed by atoms with Crippen LogP contribution in [0, 0.1) is 0 Å². The number of ether oxygens (including phenoxy) is 1. The first kappa shape index (κ1) is 16.2. The highest BCUT2D eigenvalue weighted by Gasteiger charge is 2.26. The van der Waals surface area contributed by atoms with E-state index in [0.29, 0.717) is 6.04 Å². The number of rotatable bonds is 1. The lowest BCUT2D eigenvalue weighted by molar-refractivity contribution is 0.0118. The lowest BCUT2D eigenvalue weighted by Crippen LogP contribution is -2.51. The van der Waals surface area contributed by atoms with Crippen LogP contribution in [0.1, 0.15) is 42.0 Å². The smallest absolute Gasteiger partial charge is 0.410 e. The maximum atomic E-state index is 11.8. The first-order valence-corrected chi connectivity index (χ1v) is 6.01. The van der Waals surface area contributed by atoms with Gasteiger partial charge in [-0.25, -0.2) is 4.79 Å². The summed E-state index contributed by atoms with van der Waals surface area (Å²) in [4.78, 5) is 15.9. The fourth-order valence-electron chi connectivity index (χ4n) is 1.75. The minimum atomic E-state index is -0.397. The van der Waals surface area contributed by atoms with Gasteiger partial charge in [-0.15, -0.1) is 0 Å². The molecule has 1 aliphatic rings. The molecule has 0 aliphatic carbocycles. The van der Waals surface area contributed by atoms with E-state index in [2.05, 4.69) is 18.7 Å². The summed E-state index contributed by atoms with van der Waals surface area (Å²) in [5.74, 6) is 0. The molecular formula is C13H28N2O2. The summed E-state index contributed by atoms with van der Waals surface area (Å²) in [7, 11) is 0. The Morgan fingerprint density at radius 3 is 1.94 bits per heavy atom. The van der Waals surface area contributed by atoms with Crippen LogP contribution >= 0.6 is 0 Å². The molecule has 1 fully saturated rings. The van der Waals surface area contributed by atoms with Crippen molar-refractivity contribution in [1.29, 1.82) is 0 Å². The zero-order valence-electron chi connectivity index (χ0n) is 11.1. The number of nitrogens with zero attached hydrogens (tertiary/aromatic N) is 2. The molecule has 0 aromatic carbocycles. The van der Waals surface area contributed by atoms with E-state index in [4.69, 9.17) is 4.74 Å². The summed E-state index contributed by atoms with van der Waals surface area (Å²) in [6, 6.07) is 0.556. The molecule has 1 heterocycles. The monoisotopic (exact) mass is 244 g/mol. The fraction of sp³-hybridized carbons (Fsp3) is 0.923. The third kappa shape index (κ3) is 5.39. The quantitative estimate of drug-likeness (QED) is 0.710. The molecule has 0 spiro atoms. The minimum Gasteiger partial charge on any atom is -0.444 e. The maximum Gasteiger partial charge on any atom is 0.410 e. The van der Waals surface area contributed by atoms with Gasteiger partial charge in [0.05, 0.1) is 0 Å². The zero-order chi connectivity index (χ0) is 12.3. The van der Waals surface area contributed by atoms with E-state index in [1.165, 1.54) is 0 Å². The Morgan fingerprint density at radius 1 is 1.12 bits per heavy atom. The Hall–Kier alpha value is -0.770. The topological polar surface area (TPSA) is 32.8 Å². The van der Waals surface area contributed by atoms with E-state index in [-0.39, 0.29) is 13.5 Å². The Labute approximate surface area is 106 Å². The van der Waals surface area contributed by atoms with Crippen molar-refractivity contribution in [2.45, 2.75) is 53.7 Å². The van der Waals surface area contributed by atoms with Gasteiger partial charge >= 0.3 is 6.09 Å². The highest BCUT2D eigenvalue weighted by molar-refractivity contribution is 5.68. The molecule has 0 aromatic rings. The van der Waals surface area contributed by atoms with E-state index in [9.17, 15) is 4.79 Å². The predicted molar refractivity (Wildman–Crippen MR) is 71.2 cm³/mol. The van der Waals surface area contributed by atoms with Gasteiger partial charge in [-0.05, 0) is 34.6 Å². The summed E-state index contributed by atoms with van der Waals surface area (Å²) in [5, 5.41) is 0. The summed E-state index contributed by atoms with van der Waals surface area (Å²) in [6.45, 7) is 13.5.